The summed E-state index contributed by atoms with van der Waals surface area (Å²) in [6, 6.07) is 0. The van der Waals surface area contributed by atoms with E-state index >= 15 is 0 Å². The molecule has 1 unspecified atom stereocenters. The Morgan fingerprint density at radius 2 is 2.07 bits per heavy atom. The zero-order valence-electron chi connectivity index (χ0n) is 9.44. The van der Waals surface area contributed by atoms with Crippen molar-refractivity contribution in [1.82, 2.24) is 10.1 Å². The minimum Gasteiger partial charge on any atom is -0.339 e. The second kappa shape index (κ2) is 3.04. The first kappa shape index (κ1) is 9.33. The highest BCUT2D eigenvalue weighted by atomic mass is 16.5. The van der Waals surface area contributed by atoms with Crippen LogP contribution in [0.3, 0.4) is 0 Å². The van der Waals surface area contributed by atoms with Crippen molar-refractivity contribution in [3.63, 3.8) is 0 Å². The Balaban J connectivity index is 1.88. The van der Waals surface area contributed by atoms with E-state index in [1.54, 1.807) is 0 Å². The third kappa shape index (κ3) is 1.47. The van der Waals surface area contributed by atoms with Crippen molar-refractivity contribution in [3.05, 3.63) is 11.7 Å². The first-order valence-corrected chi connectivity index (χ1v) is 5.80. The van der Waals surface area contributed by atoms with Gasteiger partial charge in [0, 0.05) is 12.8 Å². The maximum absolute atomic E-state index is 5.33. The van der Waals surface area contributed by atoms with Crippen LogP contribution in [0.25, 0.3) is 0 Å². The van der Waals surface area contributed by atoms with E-state index in [1.807, 2.05) is 6.92 Å². The second-order valence-corrected chi connectivity index (χ2v) is 5.37. The molecule has 4 heterocycles. The van der Waals surface area contributed by atoms with Gasteiger partial charge < -0.3 is 9.01 Å². The van der Waals surface area contributed by atoms with Gasteiger partial charge >= 0.3 is 0 Å². The van der Waals surface area contributed by atoms with E-state index in [2.05, 4.69) is 17.2 Å². The highest BCUT2D eigenvalue weighted by molar-refractivity contribution is 4.99. The molecule has 0 aromatic carbocycles. The van der Waals surface area contributed by atoms with E-state index in [0.29, 0.717) is 5.92 Å². The molecular formula is C11H18N3O+. The number of aryl methyl sites for hydroxylation is 1. The Kier molecular flexibility index (Phi) is 1.89. The first-order valence-electron chi connectivity index (χ1n) is 5.80. The number of piperidine rings is 3. The summed E-state index contributed by atoms with van der Waals surface area (Å²) in [6.45, 7) is 5.74. The lowest BCUT2D eigenvalue weighted by Crippen LogP contribution is -2.58. The smallest absolute Gasteiger partial charge is 0.235 e. The Morgan fingerprint density at radius 3 is 2.60 bits per heavy atom. The van der Waals surface area contributed by atoms with E-state index in [9.17, 15) is 0 Å². The van der Waals surface area contributed by atoms with Crippen LogP contribution in [-0.2, 0) is 0 Å². The third-order valence-electron chi connectivity index (χ3n) is 4.15. The largest absolute Gasteiger partial charge is 0.339 e. The van der Waals surface area contributed by atoms with Gasteiger partial charge in [0.1, 0.15) is 0 Å². The molecule has 0 radical (unpaired) electrons. The predicted octanol–water partition coefficient (Wildman–Crippen LogP) is 1.33. The normalized spacial score (nSPS) is 39.6. The molecule has 3 aliphatic heterocycles. The summed E-state index contributed by atoms with van der Waals surface area (Å²) in [5, 5.41) is 3.91. The monoisotopic (exact) mass is 208 g/mol. The lowest BCUT2D eigenvalue weighted by Gasteiger charge is -2.49. The van der Waals surface area contributed by atoms with Crippen LogP contribution in [0.4, 0.5) is 0 Å². The zero-order valence-corrected chi connectivity index (χ0v) is 9.44. The molecule has 0 amide bonds. The van der Waals surface area contributed by atoms with E-state index < -0.39 is 0 Å². The molecule has 0 spiro atoms. The molecule has 82 valence electrons. The summed E-state index contributed by atoms with van der Waals surface area (Å²) in [6.07, 6.45) is 2.64. The van der Waals surface area contributed by atoms with Crippen LogP contribution in [0.5, 0.6) is 0 Å². The molecule has 4 heteroatoms. The molecule has 3 fully saturated rings. The van der Waals surface area contributed by atoms with Crippen LogP contribution < -0.4 is 0 Å². The fourth-order valence-corrected chi connectivity index (χ4v) is 3.16. The molecule has 2 bridgehead atoms. The Morgan fingerprint density at radius 1 is 1.33 bits per heavy atom. The molecule has 1 aromatic rings. The molecule has 4 nitrogen and oxygen atoms in total. The fraction of sp³-hybridized carbons (Fsp3) is 0.818. The summed E-state index contributed by atoms with van der Waals surface area (Å²) in [4.78, 5) is 4.40. The SMILES string of the molecule is Cc1noc(C2C[N+]3(C)CCC2CC3)n1. The first-order chi connectivity index (χ1) is 7.16. The van der Waals surface area contributed by atoms with E-state index in [4.69, 9.17) is 4.52 Å². The van der Waals surface area contributed by atoms with Gasteiger partial charge in [0.05, 0.1) is 32.6 Å². The number of quaternary nitrogens is 1. The van der Waals surface area contributed by atoms with Gasteiger partial charge in [0.25, 0.3) is 0 Å². The molecule has 1 aromatic heterocycles. The Labute approximate surface area is 89.9 Å². The van der Waals surface area contributed by atoms with E-state index in [0.717, 1.165) is 17.6 Å². The van der Waals surface area contributed by atoms with E-state index in [-0.39, 0.29) is 0 Å². The predicted molar refractivity (Wildman–Crippen MR) is 55.3 cm³/mol. The molecule has 0 aliphatic carbocycles. The average Bonchev–Trinajstić information content (AvgIpc) is 2.65. The third-order valence-corrected chi connectivity index (χ3v) is 4.15. The van der Waals surface area contributed by atoms with Gasteiger partial charge in [-0.05, 0) is 12.8 Å². The minimum atomic E-state index is 0.513. The van der Waals surface area contributed by atoms with Crippen molar-refractivity contribution < 1.29 is 9.01 Å². The fourth-order valence-electron chi connectivity index (χ4n) is 3.16. The van der Waals surface area contributed by atoms with Gasteiger partial charge in [0.2, 0.25) is 5.89 Å². The van der Waals surface area contributed by atoms with Gasteiger partial charge in [0.15, 0.2) is 5.82 Å². The Hall–Kier alpha value is -0.900. The lowest BCUT2D eigenvalue weighted by molar-refractivity contribution is -0.926. The second-order valence-electron chi connectivity index (χ2n) is 5.37. The number of likely N-dealkylation sites (N-methyl/N-ethyl adjacent to an activating group) is 1. The molecule has 3 saturated heterocycles. The highest BCUT2D eigenvalue weighted by Gasteiger charge is 2.46. The molecule has 1 atom stereocenters. The van der Waals surface area contributed by atoms with Crippen LogP contribution in [0.2, 0.25) is 0 Å². The number of aromatic nitrogens is 2. The summed E-state index contributed by atoms with van der Waals surface area (Å²) in [7, 11) is 2.35. The quantitative estimate of drug-likeness (QED) is 0.654. The van der Waals surface area contributed by atoms with Gasteiger partial charge in [-0.25, -0.2) is 0 Å². The molecule has 4 rings (SSSR count). The number of hydrogen-bond acceptors (Lipinski definition) is 3. The number of rotatable bonds is 1. The van der Waals surface area contributed by atoms with Crippen molar-refractivity contribution in [2.45, 2.75) is 25.7 Å². The zero-order chi connectivity index (χ0) is 10.5. The maximum Gasteiger partial charge on any atom is 0.235 e. The van der Waals surface area contributed by atoms with Gasteiger partial charge in [-0.3, -0.25) is 0 Å². The Bertz CT molecular complexity index is 366. The number of fused-ring (bicyclic) bond motifs is 3. The lowest BCUT2D eigenvalue weighted by atomic mass is 9.77. The van der Waals surface area contributed by atoms with Gasteiger partial charge in [-0.1, -0.05) is 5.16 Å². The standard InChI is InChI=1S/C11H18N3O/c1-8-12-11(15-13-8)10-7-14(2)5-3-9(10)4-6-14/h9-10H,3-7H2,1-2H3/q+1. The van der Waals surface area contributed by atoms with E-state index in [1.165, 1.54) is 37.0 Å². The van der Waals surface area contributed by atoms with Crippen LogP contribution in [0, 0.1) is 12.8 Å². The van der Waals surface area contributed by atoms with Crippen molar-refractivity contribution in [2.24, 2.45) is 5.92 Å². The summed E-state index contributed by atoms with van der Waals surface area (Å²) < 4.78 is 6.53. The molecular weight excluding hydrogens is 190 g/mol. The van der Waals surface area contributed by atoms with Crippen LogP contribution in [-0.4, -0.2) is 41.3 Å². The summed E-state index contributed by atoms with van der Waals surface area (Å²) in [5.74, 6) is 2.94. The average molecular weight is 208 g/mol. The molecule has 15 heavy (non-hydrogen) atoms. The highest BCUT2D eigenvalue weighted by Crippen LogP contribution is 2.41. The molecule has 3 aliphatic rings. The number of nitrogens with zero attached hydrogens (tertiary/aromatic N) is 3. The van der Waals surface area contributed by atoms with Crippen molar-refractivity contribution in [3.8, 4) is 0 Å². The van der Waals surface area contributed by atoms with Crippen LogP contribution >= 0.6 is 0 Å². The maximum atomic E-state index is 5.33. The van der Waals surface area contributed by atoms with Crippen LogP contribution in [0.1, 0.15) is 30.5 Å². The minimum absolute atomic E-state index is 0.513. The van der Waals surface area contributed by atoms with Gasteiger partial charge in [-0.2, -0.15) is 4.98 Å². The van der Waals surface area contributed by atoms with Crippen molar-refractivity contribution in [2.75, 3.05) is 26.7 Å². The topological polar surface area (TPSA) is 38.9 Å². The number of hydrogen-bond donors (Lipinski definition) is 0. The molecule has 0 saturated carbocycles. The van der Waals surface area contributed by atoms with Crippen LogP contribution in [0.15, 0.2) is 4.52 Å². The molecule has 0 N–H and O–H groups in total. The van der Waals surface area contributed by atoms with Crippen molar-refractivity contribution >= 4 is 0 Å². The summed E-state index contributed by atoms with van der Waals surface area (Å²) in [5.41, 5.74) is 0. The van der Waals surface area contributed by atoms with Crippen molar-refractivity contribution in [1.29, 1.82) is 0 Å². The van der Waals surface area contributed by atoms with Gasteiger partial charge in [-0.15, -0.1) is 0 Å². The summed E-state index contributed by atoms with van der Waals surface area (Å²) >= 11 is 0.